The number of hydrogen-bond acceptors (Lipinski definition) is 3. The van der Waals surface area contributed by atoms with E-state index in [1.165, 1.54) is 11.3 Å². The fourth-order valence-electron chi connectivity index (χ4n) is 2.78. The lowest BCUT2D eigenvalue weighted by Crippen LogP contribution is -2.39. The summed E-state index contributed by atoms with van der Waals surface area (Å²) in [6.45, 7) is 3.09. The van der Waals surface area contributed by atoms with E-state index in [0.717, 1.165) is 12.0 Å². The molecule has 1 aromatic heterocycles. The Kier molecular flexibility index (Phi) is 3.86. The van der Waals surface area contributed by atoms with Crippen LogP contribution in [0.3, 0.4) is 0 Å². The van der Waals surface area contributed by atoms with Gasteiger partial charge in [0.2, 0.25) is 5.91 Å². The number of rotatable bonds is 4. The van der Waals surface area contributed by atoms with Crippen LogP contribution in [0, 0.1) is 0 Å². The molecule has 1 atom stereocenters. The van der Waals surface area contributed by atoms with E-state index in [2.05, 4.69) is 40.3 Å². The molecule has 0 radical (unpaired) electrons. The van der Waals surface area contributed by atoms with Crippen LogP contribution in [-0.4, -0.2) is 23.5 Å². The Morgan fingerprint density at radius 1 is 1.33 bits per heavy atom. The first kappa shape index (κ1) is 13.6. The van der Waals surface area contributed by atoms with Crippen molar-refractivity contribution in [2.75, 3.05) is 11.4 Å². The molecule has 1 amide bonds. The van der Waals surface area contributed by atoms with Gasteiger partial charge in [0.25, 0.3) is 0 Å². The van der Waals surface area contributed by atoms with Gasteiger partial charge in [-0.1, -0.05) is 24.3 Å². The summed E-state index contributed by atoms with van der Waals surface area (Å²) < 4.78 is 0. The number of amides is 1. The van der Waals surface area contributed by atoms with Crippen LogP contribution in [0.5, 0.6) is 0 Å². The lowest BCUT2D eigenvalue weighted by atomic mass is 10.1. The molecule has 4 nitrogen and oxygen atoms in total. The summed E-state index contributed by atoms with van der Waals surface area (Å²) in [4.78, 5) is 18.4. The Morgan fingerprint density at radius 2 is 2.19 bits per heavy atom. The molecule has 108 valence electrons. The van der Waals surface area contributed by atoms with Crippen LogP contribution in [0.4, 0.5) is 5.69 Å². The van der Waals surface area contributed by atoms with E-state index in [0.29, 0.717) is 19.1 Å². The van der Waals surface area contributed by atoms with E-state index in [4.69, 9.17) is 0 Å². The van der Waals surface area contributed by atoms with Gasteiger partial charge in [-0.2, -0.15) is 0 Å². The van der Waals surface area contributed by atoms with Gasteiger partial charge in [0.05, 0.1) is 6.54 Å². The molecule has 0 saturated carbocycles. The van der Waals surface area contributed by atoms with Crippen molar-refractivity contribution >= 4 is 11.6 Å². The quantitative estimate of drug-likeness (QED) is 0.934. The number of hydrogen-bond donors (Lipinski definition) is 1. The third kappa shape index (κ3) is 3.05. The van der Waals surface area contributed by atoms with Crippen molar-refractivity contribution < 1.29 is 4.79 Å². The van der Waals surface area contributed by atoms with E-state index in [1.54, 1.807) is 12.4 Å². The summed E-state index contributed by atoms with van der Waals surface area (Å²) in [5.74, 6) is 0.0439. The van der Waals surface area contributed by atoms with Crippen LogP contribution in [0.2, 0.25) is 0 Å². The van der Waals surface area contributed by atoms with Gasteiger partial charge in [-0.15, -0.1) is 0 Å². The Morgan fingerprint density at radius 3 is 3.00 bits per heavy atom. The zero-order chi connectivity index (χ0) is 14.7. The first-order valence-corrected chi connectivity index (χ1v) is 7.24. The number of fused-ring (bicyclic) bond motifs is 1. The first-order chi connectivity index (χ1) is 10.2. The summed E-state index contributed by atoms with van der Waals surface area (Å²) in [6.07, 6.45) is 4.51. The van der Waals surface area contributed by atoms with Crippen molar-refractivity contribution in [1.29, 1.82) is 0 Å². The average Bonchev–Trinajstić information content (AvgIpc) is 2.82. The number of pyridine rings is 1. The molecule has 21 heavy (non-hydrogen) atoms. The number of para-hydroxylation sites is 1. The maximum absolute atomic E-state index is 12.2. The Hall–Kier alpha value is -2.36. The average molecular weight is 281 g/mol. The number of anilines is 1. The van der Waals surface area contributed by atoms with Gasteiger partial charge >= 0.3 is 0 Å². The van der Waals surface area contributed by atoms with Gasteiger partial charge in [0.1, 0.15) is 0 Å². The molecule has 1 unspecified atom stereocenters. The van der Waals surface area contributed by atoms with Gasteiger partial charge in [0, 0.05) is 30.7 Å². The first-order valence-electron chi connectivity index (χ1n) is 7.24. The minimum atomic E-state index is 0.0439. The smallest absolute Gasteiger partial charge is 0.239 e. The maximum atomic E-state index is 12.2. The lowest BCUT2D eigenvalue weighted by Gasteiger charge is -2.24. The highest BCUT2D eigenvalue weighted by Crippen LogP contribution is 2.31. The van der Waals surface area contributed by atoms with E-state index in [9.17, 15) is 4.79 Å². The SMILES string of the molecule is CC1Cc2ccccc2N1CC(=O)NCc1cccnc1. The second-order valence-corrected chi connectivity index (χ2v) is 5.45. The number of carbonyl (C=O) groups excluding carboxylic acids is 1. The van der Waals surface area contributed by atoms with Crippen LogP contribution >= 0.6 is 0 Å². The van der Waals surface area contributed by atoms with Crippen LogP contribution in [0.1, 0.15) is 18.1 Å². The van der Waals surface area contributed by atoms with Crippen molar-refractivity contribution in [3.05, 3.63) is 59.9 Å². The van der Waals surface area contributed by atoms with Crippen molar-refractivity contribution in [3.8, 4) is 0 Å². The molecule has 3 rings (SSSR count). The number of carbonyl (C=O) groups is 1. The molecule has 1 N–H and O–H groups in total. The van der Waals surface area contributed by atoms with E-state index in [-0.39, 0.29) is 5.91 Å². The largest absolute Gasteiger partial charge is 0.359 e. The molecule has 0 aliphatic carbocycles. The van der Waals surface area contributed by atoms with Gasteiger partial charge in [-0.05, 0) is 36.6 Å². The molecule has 0 saturated heterocycles. The fourth-order valence-corrected chi connectivity index (χ4v) is 2.78. The topological polar surface area (TPSA) is 45.2 Å². The Bertz CT molecular complexity index is 627. The van der Waals surface area contributed by atoms with Crippen LogP contribution in [-0.2, 0) is 17.8 Å². The lowest BCUT2D eigenvalue weighted by molar-refractivity contribution is -0.120. The highest BCUT2D eigenvalue weighted by molar-refractivity contribution is 5.82. The summed E-state index contributed by atoms with van der Waals surface area (Å²) >= 11 is 0. The molecule has 1 aromatic carbocycles. The van der Waals surface area contributed by atoms with Gasteiger partial charge in [-0.25, -0.2) is 0 Å². The highest BCUT2D eigenvalue weighted by atomic mass is 16.2. The standard InChI is InChI=1S/C17H19N3O/c1-13-9-15-6-2-3-7-16(15)20(13)12-17(21)19-11-14-5-4-8-18-10-14/h2-8,10,13H,9,11-12H2,1H3,(H,19,21). The fraction of sp³-hybridized carbons (Fsp3) is 0.294. The third-order valence-corrected chi connectivity index (χ3v) is 3.87. The number of nitrogens with zero attached hydrogens (tertiary/aromatic N) is 2. The molecule has 1 aliphatic rings. The van der Waals surface area contributed by atoms with E-state index in [1.807, 2.05) is 18.2 Å². The normalized spacial score (nSPS) is 16.6. The predicted octanol–water partition coefficient (Wildman–Crippen LogP) is 2.15. The molecule has 0 spiro atoms. The molecule has 2 aromatic rings. The Labute approximate surface area is 124 Å². The molecular formula is C17H19N3O. The summed E-state index contributed by atoms with van der Waals surface area (Å²) in [5.41, 5.74) is 3.52. The van der Waals surface area contributed by atoms with E-state index < -0.39 is 0 Å². The minimum Gasteiger partial charge on any atom is -0.359 e. The van der Waals surface area contributed by atoms with Crippen LogP contribution in [0.25, 0.3) is 0 Å². The summed E-state index contributed by atoms with van der Waals surface area (Å²) in [5, 5.41) is 2.96. The molecule has 4 heteroatoms. The third-order valence-electron chi connectivity index (χ3n) is 3.87. The van der Waals surface area contributed by atoms with Crippen LogP contribution < -0.4 is 10.2 Å². The van der Waals surface area contributed by atoms with Crippen molar-refractivity contribution in [3.63, 3.8) is 0 Å². The van der Waals surface area contributed by atoms with Gasteiger partial charge in [-0.3, -0.25) is 9.78 Å². The number of benzene rings is 1. The van der Waals surface area contributed by atoms with Crippen molar-refractivity contribution in [2.45, 2.75) is 25.9 Å². The second kappa shape index (κ2) is 5.95. The number of nitrogens with one attached hydrogen (secondary N) is 1. The molecular weight excluding hydrogens is 262 g/mol. The zero-order valence-corrected chi connectivity index (χ0v) is 12.1. The zero-order valence-electron chi connectivity index (χ0n) is 12.1. The van der Waals surface area contributed by atoms with Gasteiger partial charge < -0.3 is 10.2 Å². The summed E-state index contributed by atoms with van der Waals surface area (Å²) in [7, 11) is 0. The number of aromatic nitrogens is 1. The second-order valence-electron chi connectivity index (χ2n) is 5.45. The minimum absolute atomic E-state index is 0.0439. The molecule has 1 aliphatic heterocycles. The van der Waals surface area contributed by atoms with E-state index >= 15 is 0 Å². The Balaban J connectivity index is 1.60. The molecule has 2 heterocycles. The van der Waals surface area contributed by atoms with Crippen molar-refractivity contribution in [2.24, 2.45) is 0 Å². The predicted molar refractivity (Wildman–Crippen MR) is 83.0 cm³/mol. The van der Waals surface area contributed by atoms with Gasteiger partial charge in [0.15, 0.2) is 0 Å². The monoisotopic (exact) mass is 281 g/mol. The van der Waals surface area contributed by atoms with Crippen molar-refractivity contribution in [1.82, 2.24) is 10.3 Å². The molecule has 0 fully saturated rings. The maximum Gasteiger partial charge on any atom is 0.239 e. The summed E-state index contributed by atoms with van der Waals surface area (Å²) in [6, 6.07) is 12.5. The molecule has 0 bridgehead atoms. The van der Waals surface area contributed by atoms with Crippen LogP contribution in [0.15, 0.2) is 48.8 Å². The highest BCUT2D eigenvalue weighted by Gasteiger charge is 2.26.